The molecule has 7 heteroatoms. The Morgan fingerprint density at radius 3 is 2.88 bits per heavy atom. The molecule has 0 spiro atoms. The smallest absolute Gasteiger partial charge is 0.300 e. The fourth-order valence-electron chi connectivity index (χ4n) is 1.32. The van der Waals surface area contributed by atoms with Crippen LogP contribution in [0.4, 0.5) is 5.69 Å². The van der Waals surface area contributed by atoms with Crippen molar-refractivity contribution in [3.05, 3.63) is 31.9 Å². The normalized spacial score (nSPS) is 10.6. The van der Waals surface area contributed by atoms with Crippen LogP contribution in [0.25, 0.3) is 5.65 Å². The first-order valence-corrected chi connectivity index (χ1v) is 5.28. The SMILES string of the molecule is Nc1cc(I)cn2c(=O)c(O)c(C=O)nc12. The maximum atomic E-state index is 11.7. The Morgan fingerprint density at radius 2 is 2.25 bits per heavy atom. The van der Waals surface area contributed by atoms with E-state index in [1.54, 1.807) is 6.07 Å². The molecule has 82 valence electrons. The fourth-order valence-corrected chi connectivity index (χ4v) is 1.93. The predicted molar refractivity (Wildman–Crippen MR) is 65.6 cm³/mol. The number of carbonyl (C=O) groups excluding carboxylic acids is 1. The van der Waals surface area contributed by atoms with Crippen LogP contribution in [0.1, 0.15) is 10.5 Å². The molecule has 0 saturated heterocycles. The number of aromatic nitrogens is 2. The molecule has 0 unspecified atom stereocenters. The lowest BCUT2D eigenvalue weighted by Gasteiger charge is -2.05. The summed E-state index contributed by atoms with van der Waals surface area (Å²) in [6.45, 7) is 0. The van der Waals surface area contributed by atoms with E-state index in [2.05, 4.69) is 4.98 Å². The van der Waals surface area contributed by atoms with Gasteiger partial charge >= 0.3 is 5.56 Å². The topological polar surface area (TPSA) is 97.7 Å². The van der Waals surface area contributed by atoms with Gasteiger partial charge in [0.05, 0.1) is 5.69 Å². The maximum Gasteiger partial charge on any atom is 0.300 e. The molecule has 2 heterocycles. The number of nitrogens with zero attached hydrogens (tertiary/aromatic N) is 2. The first-order chi connectivity index (χ1) is 7.54. The molecule has 16 heavy (non-hydrogen) atoms. The molecular formula is C9H6IN3O3. The lowest BCUT2D eigenvalue weighted by molar-refractivity contribution is 0.111. The van der Waals surface area contributed by atoms with Crippen molar-refractivity contribution in [2.75, 3.05) is 5.73 Å². The monoisotopic (exact) mass is 331 g/mol. The highest BCUT2D eigenvalue weighted by Gasteiger charge is 2.12. The summed E-state index contributed by atoms with van der Waals surface area (Å²) in [5, 5.41) is 9.41. The predicted octanol–water partition coefficient (Wildman–Crippen LogP) is 0.399. The van der Waals surface area contributed by atoms with Crippen LogP contribution >= 0.6 is 22.6 Å². The average Bonchev–Trinajstić information content (AvgIpc) is 2.24. The summed E-state index contributed by atoms with van der Waals surface area (Å²) in [5.41, 5.74) is 5.08. The van der Waals surface area contributed by atoms with Crippen LogP contribution in [0.3, 0.4) is 0 Å². The zero-order valence-electron chi connectivity index (χ0n) is 7.85. The standard InChI is InChI=1S/C9H6IN3O3/c10-4-1-5(11)8-12-6(3-14)7(15)9(16)13(8)2-4/h1-3,15H,11H2. The summed E-state index contributed by atoms with van der Waals surface area (Å²) in [5.74, 6) is -0.672. The van der Waals surface area contributed by atoms with Crippen molar-refractivity contribution in [3.63, 3.8) is 0 Å². The van der Waals surface area contributed by atoms with E-state index in [1.165, 1.54) is 6.20 Å². The number of pyridine rings is 1. The van der Waals surface area contributed by atoms with Crippen LogP contribution in [-0.4, -0.2) is 20.8 Å². The van der Waals surface area contributed by atoms with Crippen LogP contribution in [0.5, 0.6) is 5.75 Å². The molecule has 0 aliphatic rings. The first-order valence-electron chi connectivity index (χ1n) is 4.20. The summed E-state index contributed by atoms with van der Waals surface area (Å²) in [6.07, 6.45) is 1.80. The van der Waals surface area contributed by atoms with Gasteiger partial charge in [0.1, 0.15) is 0 Å². The van der Waals surface area contributed by atoms with E-state index in [-0.39, 0.29) is 17.0 Å². The molecule has 2 aromatic rings. The largest absolute Gasteiger partial charge is 0.501 e. The van der Waals surface area contributed by atoms with E-state index in [0.717, 1.165) is 7.97 Å². The summed E-state index contributed by atoms with van der Waals surface area (Å²) in [4.78, 5) is 26.1. The van der Waals surface area contributed by atoms with Gasteiger partial charge in [-0.1, -0.05) is 0 Å². The molecule has 0 radical (unpaired) electrons. The Balaban J connectivity index is 3.04. The summed E-state index contributed by atoms with van der Waals surface area (Å²) >= 11 is 1.98. The number of hydrogen-bond donors (Lipinski definition) is 2. The van der Waals surface area contributed by atoms with E-state index < -0.39 is 11.3 Å². The average molecular weight is 331 g/mol. The Bertz CT molecular complexity index is 650. The zero-order valence-corrected chi connectivity index (χ0v) is 10.0. The second-order valence-corrected chi connectivity index (χ2v) is 4.32. The molecule has 0 aromatic carbocycles. The van der Waals surface area contributed by atoms with Gasteiger partial charge in [0.2, 0.25) is 5.75 Å². The number of halogens is 1. The third-order valence-electron chi connectivity index (χ3n) is 2.03. The van der Waals surface area contributed by atoms with Gasteiger partial charge < -0.3 is 10.8 Å². The van der Waals surface area contributed by atoms with Gasteiger partial charge in [-0.2, -0.15) is 0 Å². The number of fused-ring (bicyclic) bond motifs is 1. The van der Waals surface area contributed by atoms with Gasteiger partial charge in [-0.3, -0.25) is 14.0 Å². The molecule has 0 fully saturated rings. The van der Waals surface area contributed by atoms with E-state index in [1.807, 2.05) is 22.6 Å². The number of nitrogen functional groups attached to an aromatic ring is 1. The third-order valence-corrected chi connectivity index (χ3v) is 2.62. The van der Waals surface area contributed by atoms with E-state index in [9.17, 15) is 14.7 Å². The Labute approximate surface area is 103 Å². The fraction of sp³-hybridized carbons (Fsp3) is 0. The van der Waals surface area contributed by atoms with Gasteiger partial charge in [-0.25, -0.2) is 4.98 Å². The number of hydrogen-bond acceptors (Lipinski definition) is 5. The van der Waals surface area contributed by atoms with E-state index in [4.69, 9.17) is 5.73 Å². The van der Waals surface area contributed by atoms with Crippen molar-refractivity contribution in [3.8, 4) is 5.75 Å². The number of carbonyl (C=O) groups is 1. The highest BCUT2D eigenvalue weighted by Crippen LogP contribution is 2.16. The van der Waals surface area contributed by atoms with Crippen molar-refractivity contribution in [1.82, 2.24) is 9.38 Å². The second kappa shape index (κ2) is 3.74. The molecule has 0 aliphatic heterocycles. The minimum atomic E-state index is -0.711. The quantitative estimate of drug-likeness (QED) is 0.582. The van der Waals surface area contributed by atoms with Gasteiger partial charge in [0.15, 0.2) is 17.6 Å². The lowest BCUT2D eigenvalue weighted by atomic mass is 10.3. The van der Waals surface area contributed by atoms with Crippen LogP contribution in [-0.2, 0) is 0 Å². The van der Waals surface area contributed by atoms with Gasteiger partial charge in [0.25, 0.3) is 0 Å². The summed E-state index contributed by atoms with van der Waals surface area (Å²) in [6, 6.07) is 1.62. The Hall–Kier alpha value is -1.64. The first kappa shape index (κ1) is 10.9. The van der Waals surface area contributed by atoms with Crippen LogP contribution in [0, 0.1) is 3.57 Å². The summed E-state index contributed by atoms with van der Waals surface area (Å²) < 4.78 is 1.84. The van der Waals surface area contributed by atoms with E-state index in [0.29, 0.717) is 6.29 Å². The number of anilines is 1. The van der Waals surface area contributed by atoms with Crippen molar-refractivity contribution >= 4 is 40.2 Å². The lowest BCUT2D eigenvalue weighted by Crippen LogP contribution is -2.18. The minimum absolute atomic E-state index is 0.158. The molecular weight excluding hydrogens is 325 g/mol. The van der Waals surface area contributed by atoms with Gasteiger partial charge in [0, 0.05) is 9.77 Å². The highest BCUT2D eigenvalue weighted by molar-refractivity contribution is 14.1. The van der Waals surface area contributed by atoms with Crippen LogP contribution < -0.4 is 11.3 Å². The van der Waals surface area contributed by atoms with Crippen molar-refractivity contribution in [2.45, 2.75) is 0 Å². The number of nitrogens with two attached hydrogens (primary N) is 1. The molecule has 0 saturated carbocycles. The van der Waals surface area contributed by atoms with Crippen molar-refractivity contribution in [2.24, 2.45) is 0 Å². The molecule has 0 atom stereocenters. The van der Waals surface area contributed by atoms with Crippen LogP contribution in [0.15, 0.2) is 17.1 Å². The zero-order chi connectivity index (χ0) is 11.9. The number of rotatable bonds is 1. The molecule has 6 nitrogen and oxygen atoms in total. The molecule has 3 N–H and O–H groups in total. The minimum Gasteiger partial charge on any atom is -0.501 e. The summed E-state index contributed by atoms with van der Waals surface area (Å²) in [7, 11) is 0. The third kappa shape index (κ3) is 1.52. The molecule has 0 amide bonds. The molecule has 2 rings (SSSR count). The highest BCUT2D eigenvalue weighted by atomic mass is 127. The van der Waals surface area contributed by atoms with Crippen molar-refractivity contribution in [1.29, 1.82) is 0 Å². The number of aromatic hydroxyl groups is 1. The maximum absolute atomic E-state index is 11.7. The van der Waals surface area contributed by atoms with Gasteiger partial charge in [-0.15, -0.1) is 0 Å². The van der Waals surface area contributed by atoms with Crippen LogP contribution in [0.2, 0.25) is 0 Å². The number of aldehydes is 1. The van der Waals surface area contributed by atoms with E-state index >= 15 is 0 Å². The molecule has 0 bridgehead atoms. The second-order valence-electron chi connectivity index (χ2n) is 3.08. The molecule has 2 aromatic heterocycles. The Kier molecular flexibility index (Phi) is 2.54. The Morgan fingerprint density at radius 1 is 1.56 bits per heavy atom. The molecule has 0 aliphatic carbocycles. The van der Waals surface area contributed by atoms with Crippen molar-refractivity contribution < 1.29 is 9.90 Å². The van der Waals surface area contributed by atoms with Gasteiger partial charge in [-0.05, 0) is 28.7 Å².